The van der Waals surface area contributed by atoms with E-state index < -0.39 is 10.2 Å². The molecule has 1 radical (unpaired) electrons. The van der Waals surface area contributed by atoms with Gasteiger partial charge in [-0.05, 0) is 0 Å². The molecule has 0 unspecified atom stereocenters. The average Bonchev–Trinajstić information content (AvgIpc) is 1.25. The molecule has 0 aromatic heterocycles. The third kappa shape index (κ3) is 618. The Bertz CT molecular complexity index is 71.3. The maximum Gasteiger partial charge on any atom is 2.00 e. The largest absolute Gasteiger partial charge is 2.00 e. The van der Waals surface area contributed by atoms with Crippen molar-refractivity contribution in [3.63, 3.8) is 0 Å². The minimum atomic E-state index is -1.75. The van der Waals surface area contributed by atoms with E-state index in [0.29, 0.717) is 0 Å². The molecule has 97 valence electrons. The van der Waals surface area contributed by atoms with E-state index in [0.717, 1.165) is 0 Å². The van der Waals surface area contributed by atoms with Crippen molar-refractivity contribution < 1.29 is 54.6 Å². The topological polar surface area (TPSA) is 290 Å². The van der Waals surface area contributed by atoms with E-state index in [1.54, 1.807) is 0 Å². The zero-order chi connectivity index (χ0) is 7.15. The summed E-state index contributed by atoms with van der Waals surface area (Å²) < 4.78 is 0. The molecule has 0 aliphatic rings. The van der Waals surface area contributed by atoms with E-state index in [2.05, 4.69) is 0 Å². The molecule has 0 aromatic rings. The number of hydrogen-bond donors (Lipinski definition) is 0. The predicted molar refractivity (Wildman–Crippen MR) is 38.8 cm³/mol. The fourth-order valence-electron chi connectivity index (χ4n) is 0. The van der Waals surface area contributed by atoms with Gasteiger partial charge in [0.05, 0.1) is 10.2 Å². The van der Waals surface area contributed by atoms with Crippen molar-refractivity contribution in [3.8, 4) is 0 Å². The molecule has 0 saturated carbocycles. The van der Waals surface area contributed by atoms with Crippen molar-refractivity contribution >= 4 is 0 Å². The first-order valence-electron chi connectivity index (χ1n) is 1.10. The smallest absolute Gasteiger partial charge is 0.412 e. The normalized spacial score (nSPS) is 3.43. The van der Waals surface area contributed by atoms with Gasteiger partial charge in [0.1, 0.15) is 0 Å². The molecule has 0 aliphatic heterocycles. The number of rotatable bonds is 0. The van der Waals surface area contributed by atoms with Gasteiger partial charge in [-0.15, -0.1) is 0 Å². The van der Waals surface area contributed by atoms with Gasteiger partial charge in [-0.2, -0.15) is 0 Å². The second-order valence-corrected chi connectivity index (χ2v) is 0.447. The minimum Gasteiger partial charge on any atom is -0.412 e. The van der Waals surface area contributed by atoms with Gasteiger partial charge in [0.2, 0.25) is 0 Å². The molecule has 13 nitrogen and oxygen atoms in total. The molecule has 0 rings (SSSR count). The summed E-state index contributed by atoms with van der Waals surface area (Å²) in [5.41, 5.74) is 0. The summed E-state index contributed by atoms with van der Waals surface area (Å²) in [6.45, 7) is 0. The molecule has 0 bridgehead atoms. The van der Waals surface area contributed by atoms with Crippen LogP contribution in [0.5, 0.6) is 0 Å². The Balaban J connectivity index is -0.00000000600. The molecular formula is H10CuN2O11. The molecule has 0 saturated heterocycles. The van der Waals surface area contributed by atoms with Gasteiger partial charge in [-0.3, -0.25) is 0 Å². The van der Waals surface area contributed by atoms with E-state index in [9.17, 15) is 0 Å². The van der Waals surface area contributed by atoms with Gasteiger partial charge in [0.15, 0.2) is 0 Å². The Labute approximate surface area is 86.2 Å². The van der Waals surface area contributed by atoms with E-state index in [4.69, 9.17) is 30.6 Å². The van der Waals surface area contributed by atoms with Crippen molar-refractivity contribution in [1.82, 2.24) is 0 Å². The average molecular weight is 278 g/mol. The van der Waals surface area contributed by atoms with Crippen LogP contribution >= 0.6 is 0 Å². The van der Waals surface area contributed by atoms with Crippen LogP contribution in [0.4, 0.5) is 0 Å². The Morgan fingerprint density at radius 3 is 0.571 bits per heavy atom. The number of nitrogens with zero attached hydrogens (tertiary/aromatic N) is 2. The Morgan fingerprint density at radius 1 is 0.571 bits per heavy atom. The summed E-state index contributed by atoms with van der Waals surface area (Å²) in [5.74, 6) is 0. The monoisotopic (exact) mass is 277 g/mol. The first kappa shape index (κ1) is 78.4. The minimum absolute atomic E-state index is 0. The summed E-state index contributed by atoms with van der Waals surface area (Å²) in [6.07, 6.45) is 0. The van der Waals surface area contributed by atoms with Gasteiger partial charge in [0, 0.05) is 0 Å². The van der Waals surface area contributed by atoms with Crippen LogP contribution in [0.15, 0.2) is 0 Å². The molecule has 14 heteroatoms. The third-order valence-corrected chi connectivity index (χ3v) is 0. The molecule has 0 atom stereocenters. The number of hydrogen-bond acceptors (Lipinski definition) is 6. The van der Waals surface area contributed by atoms with E-state index in [1.807, 2.05) is 0 Å². The Kier molecular flexibility index (Phi) is 339. The first-order chi connectivity index (χ1) is 3.46. The second kappa shape index (κ2) is 60.5. The molecule has 0 spiro atoms. The fourth-order valence-corrected chi connectivity index (χ4v) is 0. The summed E-state index contributed by atoms with van der Waals surface area (Å²) in [7, 11) is 0. The maximum atomic E-state index is 8.25. The molecule has 0 heterocycles. The molecule has 0 aromatic carbocycles. The molecule has 14 heavy (non-hydrogen) atoms. The Morgan fingerprint density at radius 2 is 0.571 bits per heavy atom. The van der Waals surface area contributed by atoms with Gasteiger partial charge in [-0.25, -0.2) is 0 Å². The van der Waals surface area contributed by atoms with Gasteiger partial charge in [-0.1, -0.05) is 0 Å². The van der Waals surface area contributed by atoms with Gasteiger partial charge >= 0.3 is 17.1 Å². The van der Waals surface area contributed by atoms with E-state index >= 15 is 0 Å². The van der Waals surface area contributed by atoms with Crippen LogP contribution in [0.1, 0.15) is 0 Å². The van der Waals surface area contributed by atoms with E-state index in [1.165, 1.54) is 0 Å². The van der Waals surface area contributed by atoms with Crippen molar-refractivity contribution in [2.75, 3.05) is 0 Å². The van der Waals surface area contributed by atoms with Crippen molar-refractivity contribution in [3.05, 3.63) is 30.6 Å². The van der Waals surface area contributed by atoms with Crippen LogP contribution in [-0.4, -0.2) is 37.6 Å². The van der Waals surface area contributed by atoms with Crippen LogP contribution in [0.3, 0.4) is 0 Å². The van der Waals surface area contributed by atoms with E-state index in [-0.39, 0.29) is 44.4 Å². The molecule has 0 fully saturated rings. The molecule has 0 aliphatic carbocycles. The fraction of sp³-hybridized carbons (Fsp3) is 0. The summed E-state index contributed by atoms with van der Waals surface area (Å²) in [5, 5.41) is 29.5. The van der Waals surface area contributed by atoms with Crippen LogP contribution in [0.25, 0.3) is 0 Å². The third-order valence-electron chi connectivity index (χ3n) is 0. The van der Waals surface area contributed by atoms with Crippen molar-refractivity contribution in [2.24, 2.45) is 0 Å². The van der Waals surface area contributed by atoms with Crippen molar-refractivity contribution in [1.29, 1.82) is 0 Å². The van der Waals surface area contributed by atoms with Crippen LogP contribution in [-0.2, 0) is 17.1 Å². The SMILES string of the molecule is O.O.O.O.O.O=[N+]([O-])[O-].O=[N+]([O-])[O-].[Cu+2]. The first-order valence-corrected chi connectivity index (χ1v) is 1.10. The standard InChI is InChI=1S/Cu.2NO3.5H2O/c;2*2-1(3)4;;;;;/h;;;5*1H2/q+2;2*-1;;;;;. The van der Waals surface area contributed by atoms with Crippen LogP contribution < -0.4 is 0 Å². The Hall–Kier alpha value is -1.28. The van der Waals surface area contributed by atoms with Crippen LogP contribution in [0, 0.1) is 30.6 Å². The zero-order valence-corrected chi connectivity index (χ0v) is 7.09. The van der Waals surface area contributed by atoms with Crippen LogP contribution in [0.2, 0.25) is 0 Å². The van der Waals surface area contributed by atoms with Gasteiger partial charge in [0.25, 0.3) is 0 Å². The maximum absolute atomic E-state index is 8.25. The van der Waals surface area contributed by atoms with Crippen molar-refractivity contribution in [2.45, 2.75) is 0 Å². The zero-order valence-electron chi connectivity index (χ0n) is 6.15. The molecular weight excluding hydrogens is 268 g/mol. The molecule has 10 N–H and O–H groups in total. The summed E-state index contributed by atoms with van der Waals surface area (Å²) >= 11 is 0. The quantitative estimate of drug-likeness (QED) is 0.238. The second-order valence-electron chi connectivity index (χ2n) is 0.447. The predicted octanol–water partition coefficient (Wildman–Crippen LogP) is -4.60. The molecule has 0 amide bonds. The summed E-state index contributed by atoms with van der Waals surface area (Å²) in [4.78, 5) is 16.5. The summed E-state index contributed by atoms with van der Waals surface area (Å²) in [6, 6.07) is 0. The van der Waals surface area contributed by atoms with Gasteiger partial charge < -0.3 is 58.0 Å².